The van der Waals surface area contributed by atoms with Gasteiger partial charge in [-0.05, 0) is 305 Å². The number of aryl methyl sites for hydroxylation is 6. The average Bonchev–Trinajstić information content (AvgIpc) is 1.61. The van der Waals surface area contributed by atoms with Gasteiger partial charge in [0.2, 0.25) is 0 Å². The third-order valence-corrected chi connectivity index (χ3v) is 28.9. The van der Waals surface area contributed by atoms with Crippen LogP contribution in [0.5, 0.6) is 23.0 Å². The van der Waals surface area contributed by atoms with Crippen molar-refractivity contribution in [2.75, 3.05) is 69.8 Å². The van der Waals surface area contributed by atoms with Gasteiger partial charge in [0.1, 0.15) is 45.8 Å². The van der Waals surface area contributed by atoms with E-state index in [2.05, 4.69) is 78.2 Å². The number of esters is 2. The van der Waals surface area contributed by atoms with Crippen molar-refractivity contribution in [3.63, 3.8) is 0 Å². The van der Waals surface area contributed by atoms with Crippen LogP contribution in [0.4, 0.5) is 0 Å². The first-order chi connectivity index (χ1) is 62.9. The molecule has 4 aliphatic rings. The number of thiophene rings is 4. The molecule has 8 aromatic heterocycles. The third-order valence-electron chi connectivity index (χ3n) is 24.8. The summed E-state index contributed by atoms with van der Waals surface area (Å²) in [6.45, 7) is 34.9. The molecule has 0 saturated carbocycles. The van der Waals surface area contributed by atoms with E-state index in [4.69, 9.17) is 48.4 Å². The van der Waals surface area contributed by atoms with Gasteiger partial charge in [-0.2, -0.15) is 0 Å². The van der Waals surface area contributed by atoms with Crippen LogP contribution in [-0.4, -0.2) is 196 Å². The zero-order valence-corrected chi connectivity index (χ0v) is 85.7. The number of hydrogen-bond acceptors (Lipinski definition) is 21. The minimum absolute atomic E-state index is 0.0578. The number of ether oxygens (including phenoxy) is 6. The highest BCUT2D eigenvalue weighted by molar-refractivity contribution is 9.10. The first kappa shape index (κ1) is 99.2. The molecule has 4 aromatic carbocycles. The van der Waals surface area contributed by atoms with E-state index in [-0.39, 0.29) is 58.2 Å². The molecule has 0 bridgehead atoms. The monoisotopic (exact) mass is 1940 g/mol. The van der Waals surface area contributed by atoms with Crippen LogP contribution in [0.1, 0.15) is 205 Å². The Morgan fingerprint density at radius 3 is 1.02 bits per heavy atom. The molecule has 12 heterocycles. The van der Waals surface area contributed by atoms with E-state index in [0.29, 0.717) is 87.7 Å². The quantitative estimate of drug-likeness (QED) is 0.0488. The van der Waals surface area contributed by atoms with Gasteiger partial charge in [-0.15, -0.1) is 45.3 Å². The summed E-state index contributed by atoms with van der Waals surface area (Å²) in [7, 11) is 14.0. The molecule has 0 unspecified atom stereocenters. The minimum Gasteiger partial charge on any atom is -0.496 e. The van der Waals surface area contributed by atoms with E-state index in [9.17, 15) is 33.9 Å². The topological polar surface area (TPSA) is 262 Å². The first-order valence-electron chi connectivity index (χ1n) is 44.8. The van der Waals surface area contributed by atoms with E-state index < -0.39 is 11.6 Å². The third kappa shape index (κ3) is 21.3. The van der Waals surface area contributed by atoms with Crippen LogP contribution in [0.15, 0.2) is 129 Å². The highest BCUT2D eigenvalue weighted by Crippen LogP contribution is 2.49. The van der Waals surface area contributed by atoms with E-state index in [1.807, 2.05) is 200 Å². The van der Waals surface area contributed by atoms with Gasteiger partial charge in [0.15, 0.2) is 23.3 Å². The van der Waals surface area contributed by atoms with Crippen molar-refractivity contribution in [2.45, 2.75) is 216 Å². The number of carbonyl (C=O) groups excluding carboxylic acids is 6. The lowest BCUT2D eigenvalue weighted by atomic mass is 9.91. The van der Waals surface area contributed by atoms with Crippen molar-refractivity contribution in [3.8, 4) is 110 Å². The van der Waals surface area contributed by atoms with Crippen LogP contribution < -0.4 is 18.9 Å². The zero-order valence-electron chi connectivity index (χ0n) is 80.8. The van der Waals surface area contributed by atoms with Crippen LogP contribution in [0.3, 0.4) is 0 Å². The summed E-state index contributed by atoms with van der Waals surface area (Å²) >= 11 is 10.1. The van der Waals surface area contributed by atoms with Crippen LogP contribution in [0.2, 0.25) is 0 Å². The van der Waals surface area contributed by atoms with E-state index in [1.54, 1.807) is 113 Å². The molecule has 1 N–H and O–H groups in total. The number of hydrogen-bond donors (Lipinski definition) is 1. The maximum atomic E-state index is 13.5. The number of imidazole rings is 4. The zero-order chi connectivity index (χ0) is 96.4. The van der Waals surface area contributed by atoms with Crippen molar-refractivity contribution in [3.05, 3.63) is 191 Å². The fourth-order valence-electron chi connectivity index (χ4n) is 16.3. The SMILES string of the molecule is CCOC(=O)/C=C/c1cc2c(cc1OC)CCn1c(C(=O)N(C)C(C)(C)C)nc(-c3cccs3)c1-2.CCOC(=O)CCc1cc2c(cc1OC)CCn1c(C(=O)N(C)C(C)(C)C)nc(-c3cccs3)c1-2.COc1cc2c(cc1Br)-c1c(-c3cccs3)nc(C(=O)N(C)C(C)(C)C)n1CC2.COc1cc2c(cc1CCC(C)(C)O)-c1c(-c3cccs3)nc(C(=O)N(C)C(C)(C)C)n1CC2. The lowest BCUT2D eigenvalue weighted by molar-refractivity contribution is -0.143. The fourth-order valence-corrected chi connectivity index (χ4v) is 19.6. The van der Waals surface area contributed by atoms with Crippen LogP contribution >= 0.6 is 61.3 Å². The molecule has 0 aliphatic carbocycles. The molecule has 16 rings (SSSR count). The number of halogens is 1. The van der Waals surface area contributed by atoms with E-state index in [1.165, 1.54) is 17.2 Å². The fraction of sp³-hybridized carbons (Fsp3) is 0.417. The van der Waals surface area contributed by atoms with Crippen LogP contribution in [0, 0.1) is 0 Å². The second-order valence-electron chi connectivity index (χ2n) is 37.9. The average molecular weight is 1950 g/mol. The molecule has 0 saturated heterocycles. The standard InChI is InChI=1S/C27H33N3O4S.C27H31N3O4S.C27H35N3O3S.C22H24BrN3O2S/c2*1-7-34-22(31)11-10-18-15-19-17(16-20(18)33-6)12-13-30-24(19)23(21-9-8-14-35-21)28-25(30)26(32)29(5)27(2,3)4;1-26(2,3)29(6)25(31)24-28-22(21-9-8-14-34-21)23-19-15-18(10-12-27(4,5)32)20(33-7)16-17(19)11-13-30(23)24;1-22(2,3)25(4)21(27)20-24-18(17-7-6-10-29-17)19-14-12-15(23)16(28-5)11-13(14)8-9-26(19)20/h8-9,14-16H,7,10-13H2,1-6H3;8-11,14-16H,7,12-13H2,1-6H3;8-9,14-16,32H,10-13H2,1-7H3;6-7,10-12H,8-9H2,1-5H3/b;11-10+;;. The molecule has 30 heteroatoms. The second kappa shape index (κ2) is 40.5. The summed E-state index contributed by atoms with van der Waals surface area (Å²) in [6, 6.07) is 32.8. The highest BCUT2D eigenvalue weighted by Gasteiger charge is 2.40. The number of aromatic nitrogens is 8. The Morgan fingerprint density at radius 2 is 0.722 bits per heavy atom. The lowest BCUT2D eigenvalue weighted by Gasteiger charge is -2.32. The van der Waals surface area contributed by atoms with Gasteiger partial charge in [0.05, 0.1) is 94.0 Å². The van der Waals surface area contributed by atoms with Gasteiger partial charge < -0.3 is 71.4 Å². The summed E-state index contributed by atoms with van der Waals surface area (Å²) in [5.41, 5.74) is 16.7. The van der Waals surface area contributed by atoms with Crippen molar-refractivity contribution in [1.29, 1.82) is 0 Å². The minimum atomic E-state index is -0.762. The number of fused-ring (bicyclic) bond motifs is 12. The molecule has 12 aromatic rings. The van der Waals surface area contributed by atoms with Crippen LogP contribution in [-0.2, 0) is 83.8 Å². The molecule has 25 nitrogen and oxygen atoms in total. The number of benzene rings is 4. The Kier molecular flexibility index (Phi) is 30.2. The van der Waals surface area contributed by atoms with Crippen LogP contribution in [0.25, 0.3) is 93.4 Å². The normalized spacial score (nSPS) is 13.0. The molecule has 704 valence electrons. The summed E-state index contributed by atoms with van der Waals surface area (Å²) in [5.74, 6) is 4.01. The Bertz CT molecular complexity index is 6320. The molecular weight excluding hydrogens is 1820 g/mol. The van der Waals surface area contributed by atoms with Gasteiger partial charge >= 0.3 is 11.9 Å². The Hall–Kier alpha value is -11.3. The van der Waals surface area contributed by atoms with Gasteiger partial charge in [0.25, 0.3) is 23.6 Å². The Morgan fingerprint density at radius 1 is 0.421 bits per heavy atom. The Labute approximate surface area is 804 Å². The molecule has 133 heavy (non-hydrogen) atoms. The smallest absolute Gasteiger partial charge is 0.330 e. The lowest BCUT2D eigenvalue weighted by Crippen LogP contribution is -2.43. The number of methoxy groups -OCH3 is 4. The van der Waals surface area contributed by atoms with Crippen molar-refractivity contribution in [2.24, 2.45) is 0 Å². The molecule has 0 fully saturated rings. The number of rotatable bonds is 22. The maximum Gasteiger partial charge on any atom is 0.330 e. The van der Waals surface area contributed by atoms with Crippen molar-refractivity contribution in [1.82, 2.24) is 57.8 Å². The van der Waals surface area contributed by atoms with Gasteiger partial charge in [-0.25, -0.2) is 24.7 Å². The summed E-state index contributed by atoms with van der Waals surface area (Å²) in [6.07, 6.45) is 8.33. The summed E-state index contributed by atoms with van der Waals surface area (Å²) in [5, 5.41) is 18.4. The van der Waals surface area contributed by atoms with Gasteiger partial charge in [-0.1, -0.05) is 24.3 Å². The van der Waals surface area contributed by atoms with E-state index in [0.717, 1.165) is 163 Å². The molecule has 4 amide bonds. The summed E-state index contributed by atoms with van der Waals surface area (Å²) < 4.78 is 41.8. The predicted octanol–water partition coefficient (Wildman–Crippen LogP) is 21.4. The number of amides is 4. The number of nitrogens with zero attached hydrogens (tertiary/aromatic N) is 12. The summed E-state index contributed by atoms with van der Waals surface area (Å²) in [4.78, 5) is 109. The largest absolute Gasteiger partial charge is 0.496 e. The second-order valence-corrected chi connectivity index (χ2v) is 42.6. The Balaban J connectivity index is 0.000000151. The predicted molar refractivity (Wildman–Crippen MR) is 535 cm³/mol. The van der Waals surface area contributed by atoms with Gasteiger partial charge in [-0.3, -0.25) is 24.0 Å². The molecular formula is C103H123BrN12O13S4. The van der Waals surface area contributed by atoms with E-state index >= 15 is 0 Å². The number of aliphatic hydroxyl groups is 1. The van der Waals surface area contributed by atoms with Gasteiger partial charge in [0, 0.05) is 117 Å². The maximum absolute atomic E-state index is 13.5. The highest BCUT2D eigenvalue weighted by atomic mass is 79.9. The first-order valence-corrected chi connectivity index (χ1v) is 49.2. The molecule has 0 atom stereocenters. The van der Waals surface area contributed by atoms with Crippen molar-refractivity contribution < 1.29 is 62.3 Å². The molecule has 4 aliphatic heterocycles. The van der Waals surface area contributed by atoms with Crippen molar-refractivity contribution >= 4 is 103 Å². The molecule has 0 spiro atoms. The number of carbonyl (C=O) groups is 6. The molecule has 0 radical (unpaired) electrons.